The molecular weight excluding hydrogens is 222 g/mol. The molecule has 88 valence electrons. The van der Waals surface area contributed by atoms with E-state index in [0.717, 1.165) is 5.56 Å². The molecule has 0 bridgehead atoms. The van der Waals surface area contributed by atoms with Crippen LogP contribution in [-0.2, 0) is 10.0 Å². The summed E-state index contributed by atoms with van der Waals surface area (Å²) in [6, 6.07) is 7.08. The van der Waals surface area contributed by atoms with E-state index in [1.807, 2.05) is 39.8 Å². The summed E-state index contributed by atoms with van der Waals surface area (Å²) in [6.07, 6.45) is 0. The Morgan fingerprint density at radius 3 is 2.00 bits per heavy atom. The molecule has 0 radical (unpaired) electrons. The number of sulfonamides is 1. The second-order valence-corrected chi connectivity index (χ2v) is 6.76. The molecule has 4 heteroatoms. The topological polar surface area (TPSA) is 37.1 Å². The zero-order chi connectivity index (χ0) is 12.1. The highest BCUT2D eigenvalue weighted by Gasteiger charge is 2.59. The fraction of sp³-hybridized carbons (Fsp3) is 0.500. The van der Waals surface area contributed by atoms with E-state index >= 15 is 0 Å². The summed E-state index contributed by atoms with van der Waals surface area (Å²) < 4.78 is 26.1. The summed E-state index contributed by atoms with van der Waals surface area (Å²) in [5, 5.41) is 0. The molecule has 0 amide bonds. The minimum Gasteiger partial charge on any atom is -0.207 e. The van der Waals surface area contributed by atoms with Crippen LogP contribution in [0.15, 0.2) is 29.2 Å². The molecule has 1 saturated heterocycles. The van der Waals surface area contributed by atoms with E-state index in [0.29, 0.717) is 4.90 Å². The van der Waals surface area contributed by atoms with Gasteiger partial charge in [0.1, 0.15) is 0 Å². The highest BCUT2D eigenvalue weighted by Crippen LogP contribution is 2.44. The van der Waals surface area contributed by atoms with Crippen LogP contribution < -0.4 is 0 Å². The van der Waals surface area contributed by atoms with Crippen molar-refractivity contribution in [3.63, 3.8) is 0 Å². The van der Waals surface area contributed by atoms with Crippen molar-refractivity contribution in [1.82, 2.24) is 4.31 Å². The fourth-order valence-electron chi connectivity index (χ4n) is 1.99. The van der Waals surface area contributed by atoms with Crippen LogP contribution in [0.3, 0.4) is 0 Å². The first kappa shape index (κ1) is 11.6. The van der Waals surface area contributed by atoms with Crippen molar-refractivity contribution in [2.24, 2.45) is 0 Å². The quantitative estimate of drug-likeness (QED) is 0.742. The molecule has 2 unspecified atom stereocenters. The van der Waals surface area contributed by atoms with Crippen LogP contribution >= 0.6 is 0 Å². The normalized spacial score (nSPS) is 27.8. The number of hydrogen-bond acceptors (Lipinski definition) is 2. The predicted octanol–water partition coefficient (Wildman–Crippen LogP) is 2.17. The molecule has 1 aromatic rings. The van der Waals surface area contributed by atoms with Crippen LogP contribution in [0, 0.1) is 6.92 Å². The molecular formula is C12H17NO2S. The number of hydrogen-bond donors (Lipinski definition) is 0. The van der Waals surface area contributed by atoms with E-state index in [9.17, 15) is 8.42 Å². The van der Waals surface area contributed by atoms with Gasteiger partial charge in [0.05, 0.1) is 4.90 Å². The monoisotopic (exact) mass is 239 g/mol. The van der Waals surface area contributed by atoms with Crippen LogP contribution in [0.5, 0.6) is 0 Å². The second-order valence-electron chi connectivity index (χ2n) is 4.94. The number of rotatable bonds is 2. The van der Waals surface area contributed by atoms with Gasteiger partial charge < -0.3 is 0 Å². The summed E-state index contributed by atoms with van der Waals surface area (Å²) in [5.41, 5.74) is 0.820. The molecule has 0 saturated carbocycles. The van der Waals surface area contributed by atoms with Gasteiger partial charge in [0.15, 0.2) is 0 Å². The number of nitrogens with zero attached hydrogens (tertiary/aromatic N) is 1. The van der Waals surface area contributed by atoms with Gasteiger partial charge in [-0.3, -0.25) is 0 Å². The second kappa shape index (κ2) is 3.31. The molecule has 0 aliphatic carbocycles. The Hall–Kier alpha value is -0.870. The first-order valence-electron chi connectivity index (χ1n) is 5.39. The maximum atomic E-state index is 12.3. The van der Waals surface area contributed by atoms with Gasteiger partial charge in [-0.25, -0.2) is 8.42 Å². The van der Waals surface area contributed by atoms with Crippen molar-refractivity contribution in [2.45, 2.75) is 44.2 Å². The van der Waals surface area contributed by atoms with Crippen LogP contribution in [-0.4, -0.2) is 24.3 Å². The molecule has 1 fully saturated rings. The SMILES string of the molecule is Cc1ccc(S(=O)(=O)N2C(C)C2(C)C)cc1. The van der Waals surface area contributed by atoms with E-state index in [4.69, 9.17) is 0 Å². The highest BCUT2D eigenvalue weighted by molar-refractivity contribution is 7.89. The van der Waals surface area contributed by atoms with Gasteiger partial charge in [-0.1, -0.05) is 17.7 Å². The van der Waals surface area contributed by atoms with Crippen molar-refractivity contribution in [1.29, 1.82) is 0 Å². The maximum Gasteiger partial charge on any atom is 0.243 e. The third kappa shape index (κ3) is 1.57. The molecule has 1 heterocycles. The van der Waals surface area contributed by atoms with Gasteiger partial charge in [0.25, 0.3) is 0 Å². The lowest BCUT2D eigenvalue weighted by molar-refractivity contribution is 0.528. The zero-order valence-electron chi connectivity index (χ0n) is 10.1. The molecule has 3 nitrogen and oxygen atoms in total. The molecule has 0 aromatic heterocycles. The Bertz CT molecular complexity index is 502. The molecule has 1 aliphatic rings. The number of benzene rings is 1. The lowest BCUT2D eigenvalue weighted by Crippen LogP contribution is -2.18. The maximum absolute atomic E-state index is 12.3. The van der Waals surface area contributed by atoms with Crippen LogP contribution in [0.25, 0.3) is 0 Å². The third-order valence-corrected chi connectivity index (χ3v) is 5.62. The molecule has 0 N–H and O–H groups in total. The van der Waals surface area contributed by atoms with E-state index in [-0.39, 0.29) is 11.6 Å². The summed E-state index contributed by atoms with van der Waals surface area (Å²) in [6.45, 7) is 7.78. The van der Waals surface area contributed by atoms with E-state index in [2.05, 4.69) is 0 Å². The molecule has 1 aliphatic heterocycles. The molecule has 16 heavy (non-hydrogen) atoms. The summed E-state index contributed by atoms with van der Waals surface area (Å²) in [4.78, 5) is 0.385. The first-order chi connectivity index (χ1) is 7.28. The molecule has 2 rings (SSSR count). The Morgan fingerprint density at radius 2 is 1.62 bits per heavy atom. The zero-order valence-corrected chi connectivity index (χ0v) is 10.9. The van der Waals surface area contributed by atoms with Gasteiger partial charge in [-0.15, -0.1) is 0 Å². The van der Waals surface area contributed by atoms with Crippen LogP contribution in [0.4, 0.5) is 0 Å². The van der Waals surface area contributed by atoms with Gasteiger partial charge in [0, 0.05) is 11.6 Å². The van der Waals surface area contributed by atoms with Gasteiger partial charge >= 0.3 is 0 Å². The van der Waals surface area contributed by atoms with Gasteiger partial charge in [0.2, 0.25) is 10.0 Å². The molecule has 0 spiro atoms. The van der Waals surface area contributed by atoms with Crippen LogP contribution in [0.1, 0.15) is 26.3 Å². The summed E-state index contributed by atoms with van der Waals surface area (Å²) >= 11 is 0. The lowest BCUT2D eigenvalue weighted by Gasteiger charge is -2.08. The van der Waals surface area contributed by atoms with E-state index in [1.165, 1.54) is 0 Å². The largest absolute Gasteiger partial charge is 0.243 e. The Kier molecular flexibility index (Phi) is 2.40. The van der Waals surface area contributed by atoms with Gasteiger partial charge in [-0.05, 0) is 39.8 Å². The van der Waals surface area contributed by atoms with E-state index in [1.54, 1.807) is 16.4 Å². The smallest absolute Gasteiger partial charge is 0.207 e. The van der Waals surface area contributed by atoms with Crippen molar-refractivity contribution in [3.8, 4) is 0 Å². The Labute approximate surface area is 97.1 Å². The summed E-state index contributed by atoms with van der Waals surface area (Å²) in [5.74, 6) is 0. The van der Waals surface area contributed by atoms with Crippen molar-refractivity contribution < 1.29 is 8.42 Å². The van der Waals surface area contributed by atoms with Crippen molar-refractivity contribution in [3.05, 3.63) is 29.8 Å². The van der Waals surface area contributed by atoms with Crippen molar-refractivity contribution in [2.75, 3.05) is 0 Å². The average Bonchev–Trinajstić information content (AvgIpc) is 2.67. The lowest BCUT2D eigenvalue weighted by atomic mass is 10.2. The predicted molar refractivity (Wildman–Crippen MR) is 63.7 cm³/mol. The molecule has 2 atom stereocenters. The standard InChI is InChI=1S/C12H17NO2S/c1-9-5-7-11(8-6-9)16(14,15)13-10(2)12(13,3)4/h5-8,10H,1-4H3. The van der Waals surface area contributed by atoms with Crippen molar-refractivity contribution >= 4 is 10.0 Å². The molecule has 1 aromatic carbocycles. The first-order valence-corrected chi connectivity index (χ1v) is 6.83. The van der Waals surface area contributed by atoms with E-state index < -0.39 is 10.0 Å². The van der Waals surface area contributed by atoms with Gasteiger partial charge in [-0.2, -0.15) is 4.31 Å². The Morgan fingerprint density at radius 1 is 1.19 bits per heavy atom. The minimum absolute atomic E-state index is 0.0822. The highest BCUT2D eigenvalue weighted by atomic mass is 32.2. The average molecular weight is 239 g/mol. The number of aryl methyl sites for hydroxylation is 1. The third-order valence-electron chi connectivity index (χ3n) is 3.45. The minimum atomic E-state index is -3.31. The fourth-order valence-corrected chi connectivity index (χ4v) is 4.09. The summed E-state index contributed by atoms with van der Waals surface area (Å²) in [7, 11) is -3.31. The Balaban J connectivity index is 2.38. The van der Waals surface area contributed by atoms with Crippen LogP contribution in [0.2, 0.25) is 0 Å².